The van der Waals surface area contributed by atoms with E-state index in [0.29, 0.717) is 32.7 Å². The Morgan fingerprint density at radius 3 is 1.00 bits per heavy atom. The maximum absolute atomic E-state index is 12.7. The highest BCUT2D eigenvalue weighted by atomic mass is 27.0. The van der Waals surface area contributed by atoms with Gasteiger partial charge in [0.1, 0.15) is 51.3 Å². The fourth-order valence-corrected chi connectivity index (χ4v) is 3.41. The largest absolute Gasteiger partial charge is 0.506 e. The molecule has 0 radical (unpaired) electrons. The molecular weight excluding hydrogens is 498 g/mol. The summed E-state index contributed by atoms with van der Waals surface area (Å²) >= 11 is 0. The number of rotatable bonds is 0. The van der Waals surface area contributed by atoms with Crippen molar-refractivity contribution in [3.05, 3.63) is 109 Å². The monoisotopic (exact) mass is 519 g/mol. The normalized spacial score (nSPS) is 10.1. The highest BCUT2D eigenvalue weighted by Crippen LogP contribution is 2.24. The van der Waals surface area contributed by atoms with Crippen LogP contribution in [0.3, 0.4) is 0 Å². The zero-order valence-electron chi connectivity index (χ0n) is 18.5. The van der Waals surface area contributed by atoms with E-state index in [-0.39, 0.29) is 34.6 Å². The Kier molecular flexibility index (Phi) is 8.85. The summed E-state index contributed by atoms with van der Waals surface area (Å²) in [6.45, 7) is 0. The van der Waals surface area contributed by atoms with Crippen molar-refractivity contribution in [3.8, 4) is 17.2 Å². The first-order valence-electron chi connectivity index (χ1n) is 10.5. The molecule has 6 rings (SSSR count). The number of aromatic nitrogens is 3. The van der Waals surface area contributed by atoms with E-state index >= 15 is 0 Å². The second-order valence-electron chi connectivity index (χ2n) is 7.50. The number of phenols is 3. The average molecular weight is 519 g/mol. The number of fused-ring (bicyclic) bond motifs is 3. The second-order valence-corrected chi connectivity index (χ2v) is 7.50. The number of aromatic hydroxyl groups is 3. The first-order chi connectivity index (χ1) is 17.3. The van der Waals surface area contributed by atoms with Crippen LogP contribution < -0.4 is 0 Å². The van der Waals surface area contributed by atoms with E-state index in [1.54, 1.807) is 55.0 Å². The summed E-state index contributed by atoms with van der Waals surface area (Å²) in [5, 5.41) is 29.6. The lowest BCUT2D eigenvalue weighted by atomic mass is 10.2. The number of benzene rings is 3. The van der Waals surface area contributed by atoms with Gasteiger partial charge in [-0.15, -0.1) is 0 Å². The van der Waals surface area contributed by atoms with Crippen LogP contribution in [0, 0.1) is 17.5 Å². The molecule has 3 heterocycles. The van der Waals surface area contributed by atoms with E-state index < -0.39 is 17.5 Å². The molecule has 0 fully saturated rings. The van der Waals surface area contributed by atoms with E-state index in [2.05, 4.69) is 15.0 Å². The van der Waals surface area contributed by atoms with E-state index in [4.69, 9.17) is 0 Å². The van der Waals surface area contributed by atoms with E-state index in [0.717, 1.165) is 18.2 Å². The van der Waals surface area contributed by atoms with Gasteiger partial charge in [-0.05, 0) is 36.4 Å². The van der Waals surface area contributed by atoms with Crippen LogP contribution in [0.2, 0.25) is 0 Å². The third-order valence-corrected chi connectivity index (χ3v) is 4.95. The molecular formula is C27H21AlF3N3O3. The molecule has 10 heteroatoms. The lowest BCUT2D eigenvalue weighted by Gasteiger charge is -1.98. The van der Waals surface area contributed by atoms with Gasteiger partial charge in [-0.2, -0.15) is 0 Å². The quantitative estimate of drug-likeness (QED) is 0.243. The molecule has 0 saturated heterocycles. The summed E-state index contributed by atoms with van der Waals surface area (Å²) in [4.78, 5) is 11.7. The molecule has 0 amide bonds. The number of hydrogen-bond donors (Lipinski definition) is 3. The maximum Gasteiger partial charge on any atom is 0.187 e. The predicted molar refractivity (Wildman–Crippen MR) is 140 cm³/mol. The van der Waals surface area contributed by atoms with Crippen LogP contribution in [0.15, 0.2) is 91.4 Å². The molecule has 0 aliphatic carbocycles. The van der Waals surface area contributed by atoms with Gasteiger partial charge in [0.05, 0.1) is 0 Å². The van der Waals surface area contributed by atoms with Crippen LogP contribution in [0.1, 0.15) is 0 Å². The van der Waals surface area contributed by atoms with Crippen molar-refractivity contribution in [2.45, 2.75) is 0 Å². The summed E-state index contributed by atoms with van der Waals surface area (Å²) in [5.74, 6) is -1.71. The molecule has 6 aromatic rings. The lowest BCUT2D eigenvalue weighted by molar-refractivity contribution is 0.474. The Morgan fingerprint density at radius 2 is 0.730 bits per heavy atom. The topological polar surface area (TPSA) is 99.4 Å². The lowest BCUT2D eigenvalue weighted by Crippen LogP contribution is -1.80. The summed E-state index contributed by atoms with van der Waals surface area (Å²) < 4.78 is 38.1. The minimum atomic E-state index is -0.451. The van der Waals surface area contributed by atoms with Crippen molar-refractivity contribution in [1.29, 1.82) is 0 Å². The zero-order chi connectivity index (χ0) is 25.7. The molecule has 186 valence electrons. The van der Waals surface area contributed by atoms with Gasteiger partial charge in [-0.1, -0.05) is 18.2 Å². The van der Waals surface area contributed by atoms with Gasteiger partial charge in [0.2, 0.25) is 0 Å². The van der Waals surface area contributed by atoms with Crippen LogP contribution in [0.25, 0.3) is 32.7 Å². The van der Waals surface area contributed by atoms with Gasteiger partial charge < -0.3 is 15.3 Å². The fourth-order valence-electron chi connectivity index (χ4n) is 3.41. The second kappa shape index (κ2) is 12.0. The number of hydrogen-bond acceptors (Lipinski definition) is 6. The van der Waals surface area contributed by atoms with E-state index in [9.17, 15) is 28.5 Å². The Morgan fingerprint density at radius 1 is 0.459 bits per heavy atom. The molecule has 0 aliphatic rings. The van der Waals surface area contributed by atoms with Gasteiger partial charge in [-0.3, -0.25) is 15.0 Å². The minimum Gasteiger partial charge on any atom is -0.506 e. The Bertz CT molecular complexity index is 1490. The summed E-state index contributed by atoms with van der Waals surface area (Å²) in [6.07, 6.45) is 4.67. The fraction of sp³-hybridized carbons (Fsp3) is 0. The van der Waals surface area contributed by atoms with Crippen molar-refractivity contribution >= 4 is 50.1 Å². The standard InChI is InChI=1S/3C9H6FNO.Al.3H/c3*10-7-4-6-2-1-3-11-9(6)8(12)5-7;;;;/h3*1-5,12H;;;;. The first-order valence-corrected chi connectivity index (χ1v) is 10.5. The summed E-state index contributed by atoms with van der Waals surface area (Å²) in [5.41, 5.74) is 1.29. The third kappa shape index (κ3) is 6.64. The molecule has 0 spiro atoms. The number of pyridine rings is 3. The number of phenolic OH excluding ortho intramolecular Hbond substituents is 3. The molecule has 0 unspecified atom stereocenters. The molecule has 0 atom stereocenters. The number of halogens is 3. The van der Waals surface area contributed by atoms with Crippen LogP contribution in [0.5, 0.6) is 17.2 Å². The number of nitrogens with zero attached hydrogens (tertiary/aromatic N) is 3. The zero-order valence-corrected chi connectivity index (χ0v) is 18.5. The molecule has 37 heavy (non-hydrogen) atoms. The van der Waals surface area contributed by atoms with Gasteiger partial charge >= 0.3 is 0 Å². The van der Waals surface area contributed by atoms with Crippen molar-refractivity contribution in [2.24, 2.45) is 0 Å². The highest BCUT2D eigenvalue weighted by molar-refractivity contribution is 5.85. The average Bonchev–Trinajstić information content (AvgIpc) is 2.85. The summed E-state index contributed by atoms with van der Waals surface area (Å²) in [7, 11) is 0. The molecule has 0 saturated carbocycles. The predicted octanol–water partition coefficient (Wildman–Crippen LogP) is 5.05. The SMILES string of the molecule is Oc1cc(F)cc2cccnc12.Oc1cc(F)cc2cccnc12.Oc1cc(F)cc2cccnc12.[AlH3]. The van der Waals surface area contributed by atoms with Crippen molar-refractivity contribution in [3.63, 3.8) is 0 Å². The molecule has 6 nitrogen and oxygen atoms in total. The maximum atomic E-state index is 12.7. The van der Waals surface area contributed by atoms with Gasteiger partial charge in [0.25, 0.3) is 0 Å². The van der Waals surface area contributed by atoms with Gasteiger partial charge in [0.15, 0.2) is 17.4 Å². The Hall–Kier alpha value is -4.39. The van der Waals surface area contributed by atoms with Crippen LogP contribution in [-0.4, -0.2) is 47.6 Å². The minimum absolute atomic E-state index is 0. The van der Waals surface area contributed by atoms with Crippen molar-refractivity contribution in [2.75, 3.05) is 0 Å². The molecule has 3 aromatic heterocycles. The first kappa shape index (κ1) is 27.2. The Labute approximate surface area is 219 Å². The van der Waals surface area contributed by atoms with Crippen LogP contribution in [-0.2, 0) is 0 Å². The highest BCUT2D eigenvalue weighted by Gasteiger charge is 2.03. The van der Waals surface area contributed by atoms with E-state index in [1.165, 1.54) is 18.2 Å². The molecule has 0 aliphatic heterocycles. The van der Waals surface area contributed by atoms with Crippen molar-refractivity contribution in [1.82, 2.24) is 15.0 Å². The molecule has 3 N–H and O–H groups in total. The van der Waals surface area contributed by atoms with Gasteiger partial charge in [0, 0.05) is 52.9 Å². The van der Waals surface area contributed by atoms with Crippen LogP contribution in [0.4, 0.5) is 13.2 Å². The molecule has 0 bridgehead atoms. The summed E-state index contributed by atoms with van der Waals surface area (Å²) in [6, 6.07) is 17.3. The van der Waals surface area contributed by atoms with Crippen molar-refractivity contribution < 1.29 is 28.5 Å². The van der Waals surface area contributed by atoms with E-state index in [1.807, 2.05) is 0 Å². The van der Waals surface area contributed by atoms with Crippen LogP contribution >= 0.6 is 0 Å². The molecule has 3 aromatic carbocycles. The van der Waals surface area contributed by atoms with Gasteiger partial charge in [-0.25, -0.2) is 13.2 Å². The Balaban J connectivity index is 0.000000152. The third-order valence-electron chi connectivity index (χ3n) is 4.95. The smallest absolute Gasteiger partial charge is 0.187 e.